The number of nitrogens with two attached hydrogens (primary N) is 2. The van der Waals surface area contributed by atoms with Crippen LogP contribution in [0.5, 0.6) is 0 Å². The van der Waals surface area contributed by atoms with E-state index in [1.54, 1.807) is 6.33 Å². The highest BCUT2D eigenvalue weighted by Crippen LogP contribution is 2.44. The second-order valence-corrected chi connectivity index (χ2v) is 9.32. The van der Waals surface area contributed by atoms with Crippen LogP contribution in [0.15, 0.2) is 36.9 Å². The van der Waals surface area contributed by atoms with Crippen molar-refractivity contribution in [3.05, 3.63) is 48.0 Å². The number of benzene rings is 1. The van der Waals surface area contributed by atoms with Crippen LogP contribution in [0.25, 0.3) is 11.2 Å². The second kappa shape index (κ2) is 8.05. The molecule has 2 fully saturated rings. The van der Waals surface area contributed by atoms with Gasteiger partial charge in [-0.15, -0.1) is 0 Å². The number of aromatic nitrogens is 4. The Hall–Kier alpha value is -3.08. The van der Waals surface area contributed by atoms with E-state index in [4.69, 9.17) is 16.2 Å². The summed E-state index contributed by atoms with van der Waals surface area (Å²) in [7, 11) is 0. The number of imidazole rings is 1. The quantitative estimate of drug-likeness (QED) is 0.539. The minimum atomic E-state index is -1.05. The molecule has 1 aromatic carbocycles. The van der Waals surface area contributed by atoms with Crippen LogP contribution < -0.4 is 11.5 Å². The van der Waals surface area contributed by atoms with E-state index < -0.39 is 11.2 Å². The Labute approximate surface area is 191 Å². The van der Waals surface area contributed by atoms with Gasteiger partial charge in [0, 0.05) is 31.6 Å². The number of hydrogen-bond donors (Lipinski definition) is 3. The van der Waals surface area contributed by atoms with Gasteiger partial charge in [0.05, 0.1) is 30.2 Å². The largest absolute Gasteiger partial charge is 0.388 e. The summed E-state index contributed by atoms with van der Waals surface area (Å²) in [5.41, 5.74) is 12.8. The lowest BCUT2D eigenvalue weighted by atomic mass is 9.75. The minimum absolute atomic E-state index is 0.0102. The lowest BCUT2D eigenvalue weighted by Crippen LogP contribution is -2.57. The Bertz CT molecular complexity index is 1170. The highest BCUT2D eigenvalue weighted by molar-refractivity contribution is 5.94. The van der Waals surface area contributed by atoms with Gasteiger partial charge in [0.15, 0.2) is 11.5 Å². The number of amides is 1. The van der Waals surface area contributed by atoms with Crippen molar-refractivity contribution in [2.24, 2.45) is 5.73 Å². The first-order valence-corrected chi connectivity index (χ1v) is 11.2. The van der Waals surface area contributed by atoms with Gasteiger partial charge in [-0.3, -0.25) is 4.79 Å². The van der Waals surface area contributed by atoms with E-state index in [2.05, 4.69) is 15.0 Å². The summed E-state index contributed by atoms with van der Waals surface area (Å²) >= 11 is 0. The van der Waals surface area contributed by atoms with Crippen LogP contribution in [-0.2, 0) is 11.3 Å². The number of likely N-dealkylation sites (tertiary alicyclic amines) is 1. The molecule has 0 radical (unpaired) electrons. The number of carbonyl (C=O) groups is 1. The van der Waals surface area contributed by atoms with Crippen LogP contribution >= 0.6 is 0 Å². The molecule has 0 unspecified atom stereocenters. The highest BCUT2D eigenvalue weighted by atomic mass is 16.5. The van der Waals surface area contributed by atoms with Gasteiger partial charge < -0.3 is 30.8 Å². The van der Waals surface area contributed by atoms with Crippen LogP contribution in [0, 0.1) is 0 Å². The van der Waals surface area contributed by atoms with Crippen LogP contribution in [0.1, 0.15) is 48.1 Å². The number of anilines is 1. The number of aliphatic hydroxyl groups is 1. The lowest BCUT2D eigenvalue weighted by molar-refractivity contribution is -0.194. The number of piperidine rings is 1. The maximum atomic E-state index is 12.9. The number of ether oxygens (including phenoxy) is 1. The third kappa shape index (κ3) is 3.84. The summed E-state index contributed by atoms with van der Waals surface area (Å²) in [5.74, 6) is 0.317. The summed E-state index contributed by atoms with van der Waals surface area (Å²) in [6.07, 6.45) is 4.82. The Balaban J connectivity index is 1.28. The SMILES string of the molecule is C[C@@]1(O)CC2(CCN(C(=O)c3ccc(CN)cc3)CC2)OC[C@H]1n1cnc2c(N)ncnc21. The molecular formula is C23H29N7O3. The van der Waals surface area contributed by atoms with E-state index >= 15 is 0 Å². The molecule has 2 atom stereocenters. The topological polar surface area (TPSA) is 145 Å². The summed E-state index contributed by atoms with van der Waals surface area (Å²) in [6.45, 7) is 3.76. The number of carbonyl (C=O) groups excluding carboxylic acids is 1. The number of hydrogen-bond acceptors (Lipinski definition) is 8. The molecule has 10 nitrogen and oxygen atoms in total. The molecule has 0 bridgehead atoms. The van der Waals surface area contributed by atoms with Crippen LogP contribution in [0.2, 0.25) is 0 Å². The molecule has 1 amide bonds. The first kappa shape index (κ1) is 21.7. The average Bonchev–Trinajstić information content (AvgIpc) is 3.24. The highest BCUT2D eigenvalue weighted by Gasteiger charge is 2.50. The summed E-state index contributed by atoms with van der Waals surface area (Å²) in [4.78, 5) is 27.4. The number of rotatable bonds is 3. The Morgan fingerprint density at radius 2 is 1.94 bits per heavy atom. The lowest BCUT2D eigenvalue weighted by Gasteiger charge is -2.51. The van der Waals surface area contributed by atoms with Crippen molar-refractivity contribution in [2.75, 3.05) is 25.4 Å². The molecule has 2 aromatic heterocycles. The molecule has 2 aliphatic heterocycles. The molecule has 174 valence electrons. The van der Waals surface area contributed by atoms with Gasteiger partial charge in [0.1, 0.15) is 11.8 Å². The molecule has 2 saturated heterocycles. The zero-order valence-electron chi connectivity index (χ0n) is 18.6. The van der Waals surface area contributed by atoms with Gasteiger partial charge in [-0.2, -0.15) is 0 Å². The van der Waals surface area contributed by atoms with Gasteiger partial charge in [-0.05, 0) is 37.5 Å². The van der Waals surface area contributed by atoms with E-state index in [0.717, 1.165) is 5.56 Å². The molecule has 33 heavy (non-hydrogen) atoms. The normalized spacial score (nSPS) is 24.9. The maximum absolute atomic E-state index is 12.9. The van der Waals surface area contributed by atoms with Gasteiger partial charge in [-0.25, -0.2) is 15.0 Å². The molecule has 0 aliphatic carbocycles. The van der Waals surface area contributed by atoms with Crippen molar-refractivity contribution in [2.45, 2.75) is 50.0 Å². The zero-order valence-corrected chi connectivity index (χ0v) is 18.6. The first-order chi connectivity index (χ1) is 15.8. The molecule has 4 heterocycles. The fourth-order valence-electron chi connectivity index (χ4n) is 5.14. The summed E-state index contributed by atoms with van der Waals surface area (Å²) in [6, 6.07) is 7.07. The van der Waals surface area contributed by atoms with Gasteiger partial charge >= 0.3 is 0 Å². The fraction of sp³-hybridized carbons (Fsp3) is 0.478. The standard InChI is InChI=1S/C23H29N7O3/c1-22(32)12-23(33-11-17(22)30-14-28-18-19(25)26-13-27-20(18)30)6-8-29(9-7-23)21(31)16-4-2-15(10-24)3-5-16/h2-5,13-14,17,32H,6-12,24H2,1H3,(H2,25,26,27)/t17-,22-/m1/s1. The van der Waals surface area contributed by atoms with E-state index in [-0.39, 0.29) is 11.9 Å². The monoisotopic (exact) mass is 451 g/mol. The molecular weight excluding hydrogens is 422 g/mol. The Morgan fingerprint density at radius 3 is 2.61 bits per heavy atom. The summed E-state index contributed by atoms with van der Waals surface area (Å²) < 4.78 is 8.21. The van der Waals surface area contributed by atoms with Gasteiger partial charge in [0.25, 0.3) is 5.91 Å². The van der Waals surface area contributed by atoms with Crippen molar-refractivity contribution in [3.63, 3.8) is 0 Å². The predicted molar refractivity (Wildman–Crippen MR) is 122 cm³/mol. The van der Waals surface area contributed by atoms with Gasteiger partial charge in [-0.1, -0.05) is 12.1 Å². The molecule has 10 heteroatoms. The van der Waals surface area contributed by atoms with E-state index in [1.165, 1.54) is 6.33 Å². The molecule has 2 aliphatic rings. The molecule has 0 saturated carbocycles. The van der Waals surface area contributed by atoms with Crippen molar-refractivity contribution in [3.8, 4) is 0 Å². The van der Waals surface area contributed by atoms with E-state index in [0.29, 0.717) is 68.0 Å². The first-order valence-electron chi connectivity index (χ1n) is 11.2. The molecule has 5 N–H and O–H groups in total. The van der Waals surface area contributed by atoms with Gasteiger partial charge in [0.2, 0.25) is 0 Å². The predicted octanol–water partition coefficient (Wildman–Crippen LogP) is 1.25. The maximum Gasteiger partial charge on any atom is 0.253 e. The second-order valence-electron chi connectivity index (χ2n) is 9.32. The zero-order chi connectivity index (χ0) is 23.2. The smallest absolute Gasteiger partial charge is 0.253 e. The van der Waals surface area contributed by atoms with Crippen molar-refractivity contribution >= 4 is 22.9 Å². The van der Waals surface area contributed by atoms with Crippen LogP contribution in [0.3, 0.4) is 0 Å². The molecule has 5 rings (SSSR count). The van der Waals surface area contributed by atoms with E-state index in [1.807, 2.05) is 40.7 Å². The van der Waals surface area contributed by atoms with Crippen molar-refractivity contribution < 1.29 is 14.6 Å². The van der Waals surface area contributed by atoms with Crippen LogP contribution in [-0.4, -0.2) is 66.3 Å². The third-order valence-corrected chi connectivity index (χ3v) is 7.07. The number of fused-ring (bicyclic) bond motifs is 1. The Kier molecular flexibility index (Phi) is 5.31. The average molecular weight is 452 g/mol. The van der Waals surface area contributed by atoms with Crippen molar-refractivity contribution in [1.29, 1.82) is 0 Å². The number of nitrogens with zero attached hydrogens (tertiary/aromatic N) is 5. The van der Waals surface area contributed by atoms with Crippen molar-refractivity contribution in [1.82, 2.24) is 24.4 Å². The number of nitrogen functional groups attached to an aromatic ring is 1. The summed E-state index contributed by atoms with van der Waals surface area (Å²) in [5, 5.41) is 11.5. The fourth-order valence-corrected chi connectivity index (χ4v) is 5.14. The minimum Gasteiger partial charge on any atom is -0.388 e. The third-order valence-electron chi connectivity index (χ3n) is 7.07. The van der Waals surface area contributed by atoms with E-state index in [9.17, 15) is 9.90 Å². The Morgan fingerprint density at radius 1 is 1.21 bits per heavy atom. The van der Waals surface area contributed by atoms with Crippen LogP contribution in [0.4, 0.5) is 5.82 Å². The molecule has 1 spiro atoms. The molecule has 3 aromatic rings.